The van der Waals surface area contributed by atoms with Gasteiger partial charge in [0.15, 0.2) is 6.79 Å². The first-order valence-corrected chi connectivity index (χ1v) is 22.4. The average molecular weight is 838 g/mol. The van der Waals surface area contributed by atoms with E-state index in [-0.39, 0.29) is 42.6 Å². The van der Waals surface area contributed by atoms with Crippen molar-refractivity contribution in [3.8, 4) is 5.75 Å². The van der Waals surface area contributed by atoms with Crippen LogP contribution in [0.5, 0.6) is 5.75 Å². The number of benzene rings is 1. The summed E-state index contributed by atoms with van der Waals surface area (Å²) >= 11 is 0. The van der Waals surface area contributed by atoms with Gasteiger partial charge in [-0.3, -0.25) is 4.18 Å². The van der Waals surface area contributed by atoms with Crippen molar-refractivity contribution in [3.63, 3.8) is 0 Å². The van der Waals surface area contributed by atoms with Gasteiger partial charge in [-0.15, -0.1) is 0 Å². The number of alkyl halides is 6. The van der Waals surface area contributed by atoms with Gasteiger partial charge in [0, 0.05) is 18.9 Å². The van der Waals surface area contributed by atoms with Crippen LogP contribution in [0.25, 0.3) is 0 Å². The van der Waals surface area contributed by atoms with Gasteiger partial charge in [0.05, 0.1) is 39.7 Å². The number of nitrogens with zero attached hydrogens (tertiary/aromatic N) is 1. The van der Waals surface area contributed by atoms with Crippen molar-refractivity contribution in [3.05, 3.63) is 29.3 Å². The number of quaternary nitrogens is 1. The molecule has 3 aliphatic rings. The van der Waals surface area contributed by atoms with Crippen LogP contribution in [0, 0.1) is 23.2 Å². The molecule has 2 fully saturated rings. The van der Waals surface area contributed by atoms with Crippen molar-refractivity contribution < 1.29 is 65.9 Å². The molecule has 0 heterocycles. The SMILES string of the molecule is COCOc1ccc2c(c1)C[C@@H](CCCCCCCCCS(=O)(=O)CCCC(F)(F)C(F)(F)F)[C@@H]1[C@@H]2CC[C@@]2(C)[C@H]1C[C@@H](F)[C@@H]2OS(=O)(=O)[O-].C[N+](C)(C)C. The van der Waals surface area contributed by atoms with E-state index in [2.05, 4.69) is 34.3 Å². The van der Waals surface area contributed by atoms with Crippen molar-refractivity contribution in [2.45, 2.75) is 127 Å². The third-order valence-electron chi connectivity index (χ3n) is 11.2. The maximum absolute atomic E-state index is 15.4. The molecule has 0 aromatic heterocycles. The van der Waals surface area contributed by atoms with E-state index in [0.29, 0.717) is 31.4 Å². The average Bonchev–Trinajstić information content (AvgIpc) is 3.28. The standard InChI is InChI=1S/C34H50F6O8S2.C4H12N/c1-32-16-14-27-26-13-12-25(47-22-46-2)20-24(26)19-23(30(27)28(32)21-29(35)31(32)48-50(43,44)45)11-8-6-4-3-5-7-9-17-49(41,42)18-10-15-33(36,37)34(38,39)40;1-5(2,3)4/h12-13,20,23,27-31H,3-11,14-19,21-22H2,1-2H3,(H,43,44,45);1-4H3/q;+1/p-1/t23-,27-,28+,29-,30-,31+,32+;/m1./s1. The molecule has 0 saturated heterocycles. The van der Waals surface area contributed by atoms with Crippen LogP contribution >= 0.6 is 0 Å². The van der Waals surface area contributed by atoms with E-state index in [1.165, 1.54) is 11.1 Å². The van der Waals surface area contributed by atoms with Gasteiger partial charge in [-0.2, -0.15) is 22.0 Å². The molecule has 0 radical (unpaired) electrons. The van der Waals surface area contributed by atoms with E-state index >= 15 is 4.39 Å². The summed E-state index contributed by atoms with van der Waals surface area (Å²) in [5.41, 5.74) is 1.56. The molecule has 7 atom stereocenters. The molecule has 0 unspecified atom stereocenters. The maximum Gasteiger partial charge on any atom is 0.453 e. The van der Waals surface area contributed by atoms with Gasteiger partial charge in [0.2, 0.25) is 10.4 Å². The Hall–Kier alpha value is -1.66. The number of unbranched alkanes of at least 4 members (excludes halogenated alkanes) is 6. The molecule has 9 nitrogen and oxygen atoms in total. The number of hydrogen-bond donors (Lipinski definition) is 0. The Labute approximate surface area is 324 Å². The quantitative estimate of drug-likeness (QED) is 0.0341. The van der Waals surface area contributed by atoms with Gasteiger partial charge in [-0.05, 0) is 91.9 Å². The Morgan fingerprint density at radius 3 is 2.07 bits per heavy atom. The highest BCUT2D eigenvalue weighted by molar-refractivity contribution is 7.91. The van der Waals surface area contributed by atoms with Gasteiger partial charge in [0.25, 0.3) is 0 Å². The monoisotopic (exact) mass is 837 g/mol. The summed E-state index contributed by atoms with van der Waals surface area (Å²) in [5.74, 6) is -4.92. The molecule has 0 bridgehead atoms. The topological polar surface area (TPSA) is 119 Å². The highest BCUT2D eigenvalue weighted by atomic mass is 32.3. The summed E-state index contributed by atoms with van der Waals surface area (Å²) in [5, 5.41) is 0. The molecule has 3 aliphatic carbocycles. The lowest BCUT2D eigenvalue weighted by atomic mass is 9.52. The Kier molecular flexibility index (Phi) is 16.8. The normalized spacial score (nSPS) is 27.1. The summed E-state index contributed by atoms with van der Waals surface area (Å²) in [4.78, 5) is 0. The molecule has 320 valence electrons. The number of fused-ring (bicyclic) bond motifs is 5. The lowest BCUT2D eigenvalue weighted by molar-refractivity contribution is -0.849. The molecule has 1 aromatic carbocycles. The van der Waals surface area contributed by atoms with Crippen LogP contribution in [0.4, 0.5) is 26.3 Å². The molecule has 0 spiro atoms. The van der Waals surface area contributed by atoms with Gasteiger partial charge in [0.1, 0.15) is 27.9 Å². The third-order valence-corrected chi connectivity index (χ3v) is 13.5. The van der Waals surface area contributed by atoms with E-state index in [4.69, 9.17) is 13.7 Å². The molecular weight excluding hydrogens is 777 g/mol. The fraction of sp³-hybridized carbons (Fsp3) is 0.842. The lowest BCUT2D eigenvalue weighted by Crippen LogP contribution is -2.48. The molecule has 2 saturated carbocycles. The maximum atomic E-state index is 15.4. The van der Waals surface area contributed by atoms with Gasteiger partial charge in [-0.25, -0.2) is 21.2 Å². The Balaban J connectivity index is 0.00000152. The van der Waals surface area contributed by atoms with E-state index in [1.54, 1.807) is 7.11 Å². The molecule has 17 heteroatoms. The van der Waals surface area contributed by atoms with E-state index in [1.807, 2.05) is 19.1 Å². The molecule has 1 aromatic rings. The van der Waals surface area contributed by atoms with Crippen LogP contribution in [-0.2, 0) is 35.6 Å². The first-order chi connectivity index (χ1) is 25.3. The summed E-state index contributed by atoms with van der Waals surface area (Å²) in [7, 11) is 1.24. The van der Waals surface area contributed by atoms with Crippen LogP contribution < -0.4 is 4.74 Å². The highest BCUT2D eigenvalue weighted by Gasteiger charge is 2.61. The lowest BCUT2D eigenvalue weighted by Gasteiger charge is -2.53. The van der Waals surface area contributed by atoms with E-state index in [9.17, 15) is 43.3 Å². The Morgan fingerprint density at radius 2 is 1.49 bits per heavy atom. The van der Waals surface area contributed by atoms with Crippen molar-refractivity contribution in [2.75, 3.05) is 53.6 Å². The number of hydrogen-bond acceptors (Lipinski definition) is 8. The van der Waals surface area contributed by atoms with Crippen LogP contribution in [0.3, 0.4) is 0 Å². The largest absolute Gasteiger partial charge is 0.726 e. The summed E-state index contributed by atoms with van der Waals surface area (Å²) < 4.78 is 154. The van der Waals surface area contributed by atoms with Crippen molar-refractivity contribution in [1.82, 2.24) is 0 Å². The van der Waals surface area contributed by atoms with Gasteiger partial charge < -0.3 is 18.5 Å². The van der Waals surface area contributed by atoms with E-state index < -0.39 is 68.6 Å². The van der Waals surface area contributed by atoms with Crippen molar-refractivity contribution >= 4 is 20.2 Å². The summed E-state index contributed by atoms with van der Waals surface area (Å²) in [6.45, 7) is 1.97. The number of methoxy groups -OCH3 is 1. The fourth-order valence-electron chi connectivity index (χ4n) is 8.86. The second kappa shape index (κ2) is 19.4. The fourth-order valence-corrected chi connectivity index (χ4v) is 10.9. The van der Waals surface area contributed by atoms with E-state index in [0.717, 1.165) is 49.4 Å². The minimum Gasteiger partial charge on any atom is -0.726 e. The van der Waals surface area contributed by atoms with Crippen LogP contribution in [0.15, 0.2) is 18.2 Å². The minimum absolute atomic E-state index is 0.0786. The second-order valence-corrected chi connectivity index (χ2v) is 20.6. The molecule has 0 aliphatic heterocycles. The first-order valence-electron chi connectivity index (χ1n) is 19.2. The Morgan fingerprint density at radius 1 is 0.909 bits per heavy atom. The number of halogens is 6. The first kappa shape index (κ1) is 47.7. The number of ether oxygens (including phenoxy) is 2. The minimum atomic E-state index is -5.69. The molecule has 0 amide bonds. The molecule has 55 heavy (non-hydrogen) atoms. The molecule has 0 N–H and O–H groups in total. The number of sulfone groups is 1. The zero-order valence-corrected chi connectivity index (χ0v) is 34.6. The van der Waals surface area contributed by atoms with Crippen molar-refractivity contribution in [2.24, 2.45) is 23.2 Å². The summed E-state index contributed by atoms with van der Waals surface area (Å²) in [6, 6.07) is 6.00. The zero-order valence-electron chi connectivity index (χ0n) is 33.0. The summed E-state index contributed by atoms with van der Waals surface area (Å²) in [6.07, 6.45) is -2.64. The van der Waals surface area contributed by atoms with Gasteiger partial charge >= 0.3 is 12.1 Å². The van der Waals surface area contributed by atoms with Crippen LogP contribution in [0.1, 0.15) is 107 Å². The highest BCUT2D eigenvalue weighted by Crippen LogP contribution is 2.64. The predicted molar refractivity (Wildman–Crippen MR) is 197 cm³/mol. The van der Waals surface area contributed by atoms with Gasteiger partial charge in [-0.1, -0.05) is 51.5 Å². The Bertz CT molecular complexity index is 1580. The second-order valence-electron chi connectivity index (χ2n) is 17.3. The molecular formula is C38H61F6NO8S2. The molecule has 4 rings (SSSR count). The zero-order chi connectivity index (χ0) is 41.5. The predicted octanol–water partition coefficient (Wildman–Crippen LogP) is 8.38. The number of rotatable bonds is 19. The smallest absolute Gasteiger partial charge is 0.453 e. The van der Waals surface area contributed by atoms with Crippen molar-refractivity contribution in [1.29, 1.82) is 0 Å². The van der Waals surface area contributed by atoms with Crippen LogP contribution in [-0.4, -0.2) is 104 Å². The van der Waals surface area contributed by atoms with Crippen LogP contribution in [0.2, 0.25) is 0 Å². The third kappa shape index (κ3) is 14.3.